The molecule has 2 N–H and O–H groups in total. The number of nitrogens with one attached hydrogen (secondary N) is 1. The summed E-state index contributed by atoms with van der Waals surface area (Å²) in [6.07, 6.45) is 3.59. The highest BCUT2D eigenvalue weighted by Crippen LogP contribution is 2.30. The van der Waals surface area contributed by atoms with E-state index in [0.29, 0.717) is 11.8 Å². The summed E-state index contributed by atoms with van der Waals surface area (Å²) < 4.78 is 5.80. The first-order chi connectivity index (χ1) is 8.38. The van der Waals surface area contributed by atoms with Gasteiger partial charge in [0, 0.05) is 6.04 Å². The van der Waals surface area contributed by atoms with Gasteiger partial charge in [0.1, 0.15) is 6.04 Å². The van der Waals surface area contributed by atoms with Crippen molar-refractivity contribution >= 4 is 5.97 Å². The lowest BCUT2D eigenvalue weighted by Crippen LogP contribution is -2.45. The molecule has 0 aromatic rings. The van der Waals surface area contributed by atoms with Crippen LogP contribution in [0.4, 0.5) is 0 Å². The minimum Gasteiger partial charge on any atom is -0.480 e. The van der Waals surface area contributed by atoms with Crippen molar-refractivity contribution in [2.24, 2.45) is 11.8 Å². The number of carboxylic acids is 1. The fourth-order valence-electron chi connectivity index (χ4n) is 2.83. The number of aliphatic carboxylic acids is 1. The van der Waals surface area contributed by atoms with Crippen LogP contribution in [-0.4, -0.2) is 35.9 Å². The Bertz CT molecular complexity index is 258. The molecule has 18 heavy (non-hydrogen) atoms. The third-order valence-electron chi connectivity index (χ3n) is 3.47. The van der Waals surface area contributed by atoms with E-state index >= 15 is 0 Å². The van der Waals surface area contributed by atoms with Gasteiger partial charge in [-0.25, -0.2) is 0 Å². The maximum Gasteiger partial charge on any atom is 0.323 e. The molecule has 0 heterocycles. The summed E-state index contributed by atoms with van der Waals surface area (Å²) >= 11 is 0. The Balaban J connectivity index is 2.39. The van der Waals surface area contributed by atoms with E-state index in [9.17, 15) is 4.79 Å². The second-order valence-electron chi connectivity index (χ2n) is 6.08. The van der Waals surface area contributed by atoms with Gasteiger partial charge in [0.2, 0.25) is 0 Å². The lowest BCUT2D eigenvalue weighted by atomic mass is 9.82. The molecule has 3 atom stereocenters. The summed E-state index contributed by atoms with van der Waals surface area (Å²) in [7, 11) is 0. The molecular weight excluding hydrogens is 230 g/mol. The highest BCUT2D eigenvalue weighted by molar-refractivity contribution is 5.73. The summed E-state index contributed by atoms with van der Waals surface area (Å²) in [4.78, 5) is 11.1. The van der Waals surface area contributed by atoms with E-state index in [-0.39, 0.29) is 18.8 Å². The molecule has 0 aromatic carbocycles. The predicted octanol–water partition coefficient (Wildman–Crippen LogP) is 2.28. The zero-order valence-electron chi connectivity index (χ0n) is 12.0. The number of hydrogen-bond donors (Lipinski definition) is 2. The zero-order chi connectivity index (χ0) is 13.7. The molecule has 0 saturated heterocycles. The fourth-order valence-corrected chi connectivity index (χ4v) is 2.83. The van der Waals surface area contributed by atoms with E-state index < -0.39 is 12.0 Å². The Morgan fingerprint density at radius 3 is 2.28 bits per heavy atom. The van der Waals surface area contributed by atoms with Gasteiger partial charge in [0.15, 0.2) is 0 Å². The minimum atomic E-state index is -0.833. The average molecular weight is 257 g/mol. The SMILES string of the molecule is CC1CC(C)CC(OCC(NC(C)C)C(=O)O)C1. The molecule has 106 valence electrons. The number of hydrogen-bond acceptors (Lipinski definition) is 3. The smallest absolute Gasteiger partial charge is 0.323 e. The van der Waals surface area contributed by atoms with Gasteiger partial charge >= 0.3 is 5.97 Å². The van der Waals surface area contributed by atoms with E-state index in [0.717, 1.165) is 12.8 Å². The van der Waals surface area contributed by atoms with Crippen LogP contribution in [-0.2, 0) is 9.53 Å². The van der Waals surface area contributed by atoms with Crippen molar-refractivity contribution in [2.75, 3.05) is 6.61 Å². The predicted molar refractivity (Wildman–Crippen MR) is 71.6 cm³/mol. The molecule has 1 saturated carbocycles. The van der Waals surface area contributed by atoms with Crippen molar-refractivity contribution in [3.8, 4) is 0 Å². The molecule has 1 fully saturated rings. The van der Waals surface area contributed by atoms with Gasteiger partial charge < -0.3 is 15.2 Å². The van der Waals surface area contributed by atoms with E-state index in [4.69, 9.17) is 9.84 Å². The third kappa shape index (κ3) is 5.36. The van der Waals surface area contributed by atoms with Gasteiger partial charge in [-0.2, -0.15) is 0 Å². The van der Waals surface area contributed by atoms with Crippen LogP contribution >= 0.6 is 0 Å². The van der Waals surface area contributed by atoms with Crippen molar-refractivity contribution in [3.63, 3.8) is 0 Å². The van der Waals surface area contributed by atoms with Crippen LogP contribution in [0.25, 0.3) is 0 Å². The Morgan fingerprint density at radius 2 is 1.83 bits per heavy atom. The van der Waals surface area contributed by atoms with Crippen LogP contribution in [0.15, 0.2) is 0 Å². The first-order valence-electron chi connectivity index (χ1n) is 6.99. The van der Waals surface area contributed by atoms with Crippen molar-refractivity contribution in [2.45, 2.75) is 65.1 Å². The molecule has 4 heteroatoms. The Morgan fingerprint density at radius 1 is 1.28 bits per heavy atom. The van der Waals surface area contributed by atoms with Crippen LogP contribution in [0.2, 0.25) is 0 Å². The van der Waals surface area contributed by atoms with Gasteiger partial charge in [-0.05, 0) is 31.1 Å². The van der Waals surface area contributed by atoms with Gasteiger partial charge in [0.05, 0.1) is 12.7 Å². The number of ether oxygens (including phenoxy) is 1. The summed E-state index contributed by atoms with van der Waals surface area (Å²) in [6.45, 7) is 8.64. The summed E-state index contributed by atoms with van der Waals surface area (Å²) in [5.74, 6) is 0.528. The molecule has 0 spiro atoms. The molecule has 0 bridgehead atoms. The van der Waals surface area contributed by atoms with E-state index in [1.165, 1.54) is 6.42 Å². The molecule has 1 aliphatic carbocycles. The molecule has 1 rings (SSSR count). The van der Waals surface area contributed by atoms with Crippen LogP contribution < -0.4 is 5.32 Å². The Labute approximate surface area is 110 Å². The highest BCUT2D eigenvalue weighted by atomic mass is 16.5. The molecular formula is C14H27NO3. The number of carboxylic acid groups (broad SMARTS) is 1. The summed E-state index contributed by atoms with van der Waals surface area (Å²) in [5, 5.41) is 12.1. The monoisotopic (exact) mass is 257 g/mol. The molecule has 0 aliphatic heterocycles. The Hall–Kier alpha value is -0.610. The molecule has 0 amide bonds. The molecule has 4 nitrogen and oxygen atoms in total. The lowest BCUT2D eigenvalue weighted by Gasteiger charge is -2.32. The summed E-state index contributed by atoms with van der Waals surface area (Å²) in [6, 6.07) is -0.448. The lowest BCUT2D eigenvalue weighted by molar-refractivity contribution is -0.142. The maximum atomic E-state index is 11.1. The van der Waals surface area contributed by atoms with Crippen LogP contribution in [0, 0.1) is 11.8 Å². The zero-order valence-corrected chi connectivity index (χ0v) is 12.0. The average Bonchev–Trinajstić information content (AvgIpc) is 2.21. The molecule has 1 aliphatic rings. The molecule has 0 radical (unpaired) electrons. The topological polar surface area (TPSA) is 58.6 Å². The minimum absolute atomic E-state index is 0.152. The highest BCUT2D eigenvalue weighted by Gasteiger charge is 2.26. The fraction of sp³-hybridized carbons (Fsp3) is 0.929. The first-order valence-corrected chi connectivity index (χ1v) is 6.99. The molecule has 0 aromatic heterocycles. The maximum absolute atomic E-state index is 11.1. The quantitative estimate of drug-likeness (QED) is 0.766. The second-order valence-corrected chi connectivity index (χ2v) is 6.08. The van der Waals surface area contributed by atoms with Crippen LogP contribution in [0.3, 0.4) is 0 Å². The standard InChI is InChI=1S/C14H27NO3/c1-9(2)15-13(14(16)17)8-18-12-6-10(3)5-11(4)7-12/h9-13,15H,5-8H2,1-4H3,(H,16,17). The van der Waals surface area contributed by atoms with Gasteiger partial charge in [-0.3, -0.25) is 4.79 Å². The van der Waals surface area contributed by atoms with Crippen molar-refractivity contribution in [1.29, 1.82) is 0 Å². The van der Waals surface area contributed by atoms with E-state index in [1.54, 1.807) is 0 Å². The van der Waals surface area contributed by atoms with Crippen LogP contribution in [0.1, 0.15) is 47.0 Å². The van der Waals surface area contributed by atoms with Crippen molar-refractivity contribution < 1.29 is 14.6 Å². The van der Waals surface area contributed by atoms with Crippen molar-refractivity contribution in [1.82, 2.24) is 5.32 Å². The van der Waals surface area contributed by atoms with Crippen LogP contribution in [0.5, 0.6) is 0 Å². The second kappa shape index (κ2) is 7.10. The van der Waals surface area contributed by atoms with Gasteiger partial charge in [-0.15, -0.1) is 0 Å². The van der Waals surface area contributed by atoms with E-state index in [1.807, 2.05) is 13.8 Å². The number of rotatable bonds is 6. The summed E-state index contributed by atoms with van der Waals surface area (Å²) in [5.41, 5.74) is 0. The number of carbonyl (C=O) groups is 1. The Kier molecular flexibility index (Phi) is 6.09. The third-order valence-corrected chi connectivity index (χ3v) is 3.47. The first kappa shape index (κ1) is 15.4. The van der Waals surface area contributed by atoms with Crippen molar-refractivity contribution in [3.05, 3.63) is 0 Å². The largest absolute Gasteiger partial charge is 0.480 e. The van der Waals surface area contributed by atoms with E-state index in [2.05, 4.69) is 19.2 Å². The van der Waals surface area contributed by atoms with Gasteiger partial charge in [0.25, 0.3) is 0 Å². The molecule has 3 unspecified atom stereocenters. The van der Waals surface area contributed by atoms with Gasteiger partial charge in [-0.1, -0.05) is 27.7 Å². The normalized spacial score (nSPS) is 30.4.